The largest absolute Gasteiger partial charge is 0.480 e. The van der Waals surface area contributed by atoms with Crippen LogP contribution in [0.3, 0.4) is 0 Å². The first-order valence-electron chi connectivity index (χ1n) is 7.74. The summed E-state index contributed by atoms with van der Waals surface area (Å²) in [7, 11) is 5.54. The smallest absolute Gasteiger partial charge is 0.325 e. The zero-order valence-electron chi connectivity index (χ0n) is 12.2. The van der Waals surface area contributed by atoms with Crippen LogP contribution in [0.2, 0.25) is 6.32 Å². The fraction of sp³-hybridized carbons (Fsp3) is 0.929. The van der Waals surface area contributed by atoms with E-state index < -0.39 is 11.5 Å². The summed E-state index contributed by atoms with van der Waals surface area (Å²) in [5.41, 5.74) is 5.07. The van der Waals surface area contributed by atoms with E-state index in [0.717, 1.165) is 32.5 Å². The lowest BCUT2D eigenvalue weighted by Crippen LogP contribution is -2.55. The van der Waals surface area contributed by atoms with Crippen molar-refractivity contribution < 1.29 is 9.90 Å². The maximum absolute atomic E-state index is 11.5. The van der Waals surface area contributed by atoms with Crippen molar-refractivity contribution in [2.24, 2.45) is 11.7 Å². The van der Waals surface area contributed by atoms with E-state index in [1.807, 2.05) is 0 Å². The summed E-state index contributed by atoms with van der Waals surface area (Å²) >= 11 is 0. The van der Waals surface area contributed by atoms with Gasteiger partial charge in [-0.3, -0.25) is 9.69 Å². The van der Waals surface area contributed by atoms with Crippen LogP contribution in [-0.4, -0.2) is 61.6 Å². The predicted octanol–water partition coefficient (Wildman–Crippen LogP) is 0.209. The molecule has 0 bridgehead atoms. The lowest BCUT2D eigenvalue weighted by Gasteiger charge is -2.28. The van der Waals surface area contributed by atoms with Crippen molar-refractivity contribution in [3.8, 4) is 0 Å². The number of carboxylic acids is 1. The zero-order chi connectivity index (χ0) is 14.6. The Morgan fingerprint density at radius 3 is 2.90 bits per heavy atom. The van der Waals surface area contributed by atoms with Crippen LogP contribution in [0.25, 0.3) is 0 Å². The van der Waals surface area contributed by atoms with E-state index in [1.54, 1.807) is 0 Å². The van der Waals surface area contributed by atoms with Crippen molar-refractivity contribution >= 4 is 13.8 Å². The maximum atomic E-state index is 11.5. The molecule has 5 nitrogen and oxygen atoms in total. The minimum Gasteiger partial charge on any atom is -0.480 e. The Hall–Kier alpha value is -0.585. The predicted molar refractivity (Wildman–Crippen MR) is 79.9 cm³/mol. The third-order valence-corrected chi connectivity index (χ3v) is 4.74. The summed E-state index contributed by atoms with van der Waals surface area (Å²) in [6, 6.07) is 0.482. The Morgan fingerprint density at radius 2 is 2.30 bits per heavy atom. The molecule has 6 heteroatoms. The number of hydrogen-bond acceptors (Lipinski definition) is 4. The fourth-order valence-electron chi connectivity index (χ4n) is 3.52. The van der Waals surface area contributed by atoms with Gasteiger partial charge in [0.1, 0.15) is 5.54 Å². The minimum atomic E-state index is -1.11. The zero-order valence-corrected chi connectivity index (χ0v) is 12.2. The van der Waals surface area contributed by atoms with Gasteiger partial charge in [0.15, 0.2) is 0 Å². The molecule has 0 saturated carbocycles. The minimum absolute atomic E-state index is 0.00661. The number of piperidine rings is 1. The Bertz CT molecular complexity index is 336. The molecule has 0 amide bonds. The molecule has 2 aliphatic rings. The molecule has 2 aliphatic heterocycles. The average Bonchev–Trinajstić information content (AvgIpc) is 2.75. The number of carboxylic acid groups (broad SMARTS) is 1. The second-order valence-corrected chi connectivity index (χ2v) is 6.31. The van der Waals surface area contributed by atoms with Crippen LogP contribution in [0.5, 0.6) is 0 Å². The number of rotatable bonds is 6. The molecule has 2 radical (unpaired) electrons. The van der Waals surface area contributed by atoms with E-state index in [9.17, 15) is 9.90 Å². The molecule has 2 rings (SSSR count). The van der Waals surface area contributed by atoms with Crippen LogP contribution in [0.1, 0.15) is 32.1 Å². The number of carbonyl (C=O) groups is 1. The van der Waals surface area contributed by atoms with Gasteiger partial charge in [-0.2, -0.15) is 0 Å². The first-order valence-corrected chi connectivity index (χ1v) is 7.74. The summed E-state index contributed by atoms with van der Waals surface area (Å²) in [4.78, 5) is 13.8. The lowest BCUT2D eigenvalue weighted by atomic mass is 9.83. The molecule has 0 aliphatic carbocycles. The molecular formula is C14H26BN3O2. The Morgan fingerprint density at radius 1 is 1.50 bits per heavy atom. The number of likely N-dealkylation sites (tertiary alicyclic amines) is 1. The van der Waals surface area contributed by atoms with Crippen LogP contribution in [-0.2, 0) is 4.79 Å². The second kappa shape index (κ2) is 6.92. The highest BCUT2D eigenvalue weighted by atomic mass is 16.4. The van der Waals surface area contributed by atoms with Crippen molar-refractivity contribution in [1.29, 1.82) is 0 Å². The molecule has 3 atom stereocenters. The molecule has 0 aromatic heterocycles. The highest BCUT2D eigenvalue weighted by Gasteiger charge is 2.49. The summed E-state index contributed by atoms with van der Waals surface area (Å²) in [6.45, 7) is 3.21. The highest BCUT2D eigenvalue weighted by Crippen LogP contribution is 2.30. The maximum Gasteiger partial charge on any atom is 0.325 e. The Balaban J connectivity index is 1.94. The van der Waals surface area contributed by atoms with Gasteiger partial charge >= 0.3 is 5.97 Å². The Kier molecular flexibility index (Phi) is 5.46. The summed E-state index contributed by atoms with van der Waals surface area (Å²) in [6.07, 6.45) is 5.91. The van der Waals surface area contributed by atoms with Gasteiger partial charge in [-0.25, -0.2) is 0 Å². The number of nitrogens with zero attached hydrogens (tertiary/aromatic N) is 1. The van der Waals surface area contributed by atoms with Gasteiger partial charge in [0.25, 0.3) is 0 Å². The Labute approximate surface area is 122 Å². The third-order valence-electron chi connectivity index (χ3n) is 4.74. The van der Waals surface area contributed by atoms with Crippen molar-refractivity contribution in [2.75, 3.05) is 26.2 Å². The van der Waals surface area contributed by atoms with E-state index in [1.165, 1.54) is 19.3 Å². The average molecular weight is 279 g/mol. The number of aliphatic carboxylic acids is 1. The topological polar surface area (TPSA) is 78.6 Å². The molecule has 112 valence electrons. The van der Waals surface area contributed by atoms with Crippen LogP contribution in [0.4, 0.5) is 0 Å². The van der Waals surface area contributed by atoms with Gasteiger partial charge in [0.05, 0.1) is 7.85 Å². The molecular weight excluding hydrogens is 253 g/mol. The highest BCUT2D eigenvalue weighted by molar-refractivity contribution is 6.08. The molecule has 4 N–H and O–H groups in total. The van der Waals surface area contributed by atoms with Crippen LogP contribution >= 0.6 is 0 Å². The third kappa shape index (κ3) is 3.54. The van der Waals surface area contributed by atoms with Crippen molar-refractivity contribution in [1.82, 2.24) is 10.2 Å². The summed E-state index contributed by atoms with van der Waals surface area (Å²) in [5.74, 6) is -0.870. The van der Waals surface area contributed by atoms with Gasteiger partial charge in [0.2, 0.25) is 0 Å². The molecule has 0 aromatic rings. The summed E-state index contributed by atoms with van der Waals surface area (Å²) in [5, 5.41) is 13.0. The van der Waals surface area contributed by atoms with Crippen molar-refractivity contribution in [3.63, 3.8) is 0 Å². The fourth-order valence-corrected chi connectivity index (χ4v) is 3.52. The van der Waals surface area contributed by atoms with E-state index >= 15 is 0 Å². The van der Waals surface area contributed by atoms with Gasteiger partial charge in [-0.1, -0.05) is 19.2 Å². The quantitative estimate of drug-likeness (QED) is 0.606. The molecule has 2 heterocycles. The number of nitrogens with two attached hydrogens (primary N) is 1. The van der Waals surface area contributed by atoms with E-state index in [4.69, 9.17) is 13.6 Å². The molecule has 2 fully saturated rings. The number of hydrogen-bond donors (Lipinski definition) is 3. The normalized spacial score (nSPS) is 35.2. The SMILES string of the molecule is [B]CCC[C@H]1CN(CC2CCCCN2)C[C@@]1(N)C(=O)O. The van der Waals surface area contributed by atoms with Gasteiger partial charge in [0, 0.05) is 31.6 Å². The van der Waals surface area contributed by atoms with Gasteiger partial charge in [-0.05, 0) is 25.8 Å². The molecule has 0 aromatic carbocycles. The van der Waals surface area contributed by atoms with Crippen molar-refractivity contribution in [2.45, 2.75) is 50.0 Å². The van der Waals surface area contributed by atoms with E-state index in [-0.39, 0.29) is 5.92 Å². The standard InChI is InChI=1S/C14H26BN3O2/c15-6-3-4-11-8-18(10-14(11,16)13(19)20)9-12-5-1-2-7-17-12/h11-12,17H,1-10,16H2,(H,19,20)/t11-,12?,14-/m0/s1. The molecule has 0 spiro atoms. The van der Waals surface area contributed by atoms with Gasteiger partial charge < -0.3 is 16.2 Å². The monoisotopic (exact) mass is 279 g/mol. The molecule has 1 unspecified atom stereocenters. The summed E-state index contributed by atoms with van der Waals surface area (Å²) < 4.78 is 0. The van der Waals surface area contributed by atoms with Gasteiger partial charge in [-0.15, -0.1) is 0 Å². The van der Waals surface area contributed by atoms with Crippen LogP contribution in [0.15, 0.2) is 0 Å². The van der Waals surface area contributed by atoms with Crippen LogP contribution < -0.4 is 11.1 Å². The van der Waals surface area contributed by atoms with Crippen LogP contribution in [0, 0.1) is 5.92 Å². The number of nitrogens with one attached hydrogen (secondary N) is 1. The first-order chi connectivity index (χ1) is 9.56. The second-order valence-electron chi connectivity index (χ2n) is 6.31. The molecule has 2 saturated heterocycles. The van der Waals surface area contributed by atoms with E-state index in [2.05, 4.69) is 10.2 Å². The van der Waals surface area contributed by atoms with Crippen molar-refractivity contribution in [3.05, 3.63) is 0 Å². The first kappa shape index (κ1) is 15.8. The lowest BCUT2D eigenvalue weighted by molar-refractivity contribution is -0.144. The molecule has 20 heavy (non-hydrogen) atoms. The van der Waals surface area contributed by atoms with E-state index in [0.29, 0.717) is 18.9 Å².